The fraction of sp³-hybridized carbons (Fsp3) is 0.231. The molecule has 88 valence electrons. The van der Waals surface area contributed by atoms with Crippen molar-refractivity contribution in [3.63, 3.8) is 0 Å². The minimum atomic E-state index is 0.767. The van der Waals surface area contributed by atoms with E-state index in [1.165, 1.54) is 5.56 Å². The average Bonchev–Trinajstić information content (AvgIpc) is 2.76. The predicted molar refractivity (Wildman–Crippen MR) is 72.1 cm³/mol. The molecular formula is C13H15N3S. The molecule has 1 heterocycles. The van der Waals surface area contributed by atoms with E-state index >= 15 is 0 Å². The molecule has 1 aromatic heterocycles. The zero-order valence-electron chi connectivity index (χ0n) is 10.0. The van der Waals surface area contributed by atoms with Gasteiger partial charge in [0.1, 0.15) is 0 Å². The molecule has 3 nitrogen and oxygen atoms in total. The fourth-order valence-corrected chi connectivity index (χ4v) is 1.98. The van der Waals surface area contributed by atoms with Gasteiger partial charge in [-0.2, -0.15) is 0 Å². The molecule has 0 amide bonds. The number of hydrogen-bond donors (Lipinski definition) is 1. The summed E-state index contributed by atoms with van der Waals surface area (Å²) in [6, 6.07) is 8.23. The van der Waals surface area contributed by atoms with Gasteiger partial charge in [0.15, 0.2) is 5.82 Å². The first-order valence-electron chi connectivity index (χ1n) is 5.42. The van der Waals surface area contributed by atoms with Crippen molar-refractivity contribution in [1.82, 2.24) is 15.2 Å². The van der Waals surface area contributed by atoms with Crippen LogP contribution in [0.3, 0.4) is 0 Å². The van der Waals surface area contributed by atoms with E-state index in [1.807, 2.05) is 19.1 Å². The number of rotatable bonds is 4. The van der Waals surface area contributed by atoms with Crippen LogP contribution >= 0.6 is 11.8 Å². The lowest BCUT2D eigenvalue weighted by molar-refractivity contribution is 0.974. The number of nitrogens with zero attached hydrogens (tertiary/aromatic N) is 2. The molecular weight excluding hydrogens is 230 g/mol. The van der Waals surface area contributed by atoms with Crippen molar-refractivity contribution in [2.45, 2.75) is 19.0 Å². The zero-order valence-corrected chi connectivity index (χ0v) is 10.8. The van der Waals surface area contributed by atoms with E-state index in [0.29, 0.717) is 0 Å². The van der Waals surface area contributed by atoms with Gasteiger partial charge >= 0.3 is 0 Å². The summed E-state index contributed by atoms with van der Waals surface area (Å²) in [5.74, 6) is 1.67. The first-order chi connectivity index (χ1) is 8.15. The van der Waals surface area contributed by atoms with Crippen LogP contribution in [0.1, 0.15) is 12.5 Å². The molecule has 0 saturated carbocycles. The molecule has 0 spiro atoms. The highest BCUT2D eigenvalue weighted by Gasteiger charge is 2.05. The van der Waals surface area contributed by atoms with E-state index in [0.717, 1.165) is 27.9 Å². The molecule has 0 aliphatic carbocycles. The summed E-state index contributed by atoms with van der Waals surface area (Å²) in [5, 5.41) is 7.89. The van der Waals surface area contributed by atoms with Crippen LogP contribution in [0.5, 0.6) is 0 Å². The van der Waals surface area contributed by atoms with Crippen molar-refractivity contribution in [1.29, 1.82) is 0 Å². The second-order valence-corrected chi connectivity index (χ2v) is 5.02. The second-order valence-electron chi connectivity index (χ2n) is 4.08. The molecule has 0 saturated heterocycles. The summed E-state index contributed by atoms with van der Waals surface area (Å²) in [4.78, 5) is 4.44. The molecule has 0 unspecified atom stereocenters. The van der Waals surface area contributed by atoms with E-state index < -0.39 is 0 Å². The first-order valence-corrected chi connectivity index (χ1v) is 6.40. The van der Waals surface area contributed by atoms with Crippen molar-refractivity contribution in [2.24, 2.45) is 0 Å². The molecule has 2 aromatic rings. The summed E-state index contributed by atoms with van der Waals surface area (Å²) in [6.07, 6.45) is 0. The minimum absolute atomic E-state index is 0.767. The van der Waals surface area contributed by atoms with Gasteiger partial charge < -0.3 is 0 Å². The number of nitrogens with one attached hydrogen (secondary N) is 1. The summed E-state index contributed by atoms with van der Waals surface area (Å²) in [5.41, 5.74) is 3.42. The van der Waals surface area contributed by atoms with Crippen molar-refractivity contribution in [2.75, 3.05) is 5.75 Å². The summed E-state index contributed by atoms with van der Waals surface area (Å²) in [6.45, 7) is 7.93. The van der Waals surface area contributed by atoms with E-state index in [9.17, 15) is 0 Å². The summed E-state index contributed by atoms with van der Waals surface area (Å²) >= 11 is 1.59. The monoisotopic (exact) mass is 245 g/mol. The number of aromatic amines is 1. The number of thioether (sulfide) groups is 1. The topological polar surface area (TPSA) is 41.6 Å². The van der Waals surface area contributed by atoms with Crippen LogP contribution in [0.2, 0.25) is 0 Å². The summed E-state index contributed by atoms with van der Waals surface area (Å²) in [7, 11) is 0. The molecule has 0 fully saturated rings. The van der Waals surface area contributed by atoms with Gasteiger partial charge in [-0.05, 0) is 13.8 Å². The molecule has 1 aromatic carbocycles. The molecule has 17 heavy (non-hydrogen) atoms. The van der Waals surface area contributed by atoms with Gasteiger partial charge in [-0.3, -0.25) is 5.10 Å². The van der Waals surface area contributed by atoms with Crippen molar-refractivity contribution in [3.05, 3.63) is 42.0 Å². The number of aryl methyl sites for hydroxylation is 1. The number of hydrogen-bond acceptors (Lipinski definition) is 3. The molecule has 1 N–H and O–H groups in total. The Hall–Kier alpha value is -1.55. The average molecular weight is 245 g/mol. The second kappa shape index (κ2) is 5.19. The number of benzene rings is 1. The van der Waals surface area contributed by atoms with Crippen molar-refractivity contribution in [3.8, 4) is 11.4 Å². The number of aromatic nitrogens is 3. The molecule has 0 aliphatic rings. The van der Waals surface area contributed by atoms with Gasteiger partial charge in [0.2, 0.25) is 5.16 Å². The smallest absolute Gasteiger partial charge is 0.209 e. The Balaban J connectivity index is 2.12. The third-order valence-electron chi connectivity index (χ3n) is 2.24. The molecule has 0 aliphatic heterocycles. The largest absolute Gasteiger partial charge is 0.258 e. The maximum atomic E-state index is 4.44. The van der Waals surface area contributed by atoms with E-state index in [-0.39, 0.29) is 0 Å². The Morgan fingerprint density at radius 3 is 2.71 bits per heavy atom. The number of H-pyrrole nitrogens is 1. The minimum Gasteiger partial charge on any atom is -0.258 e. The van der Waals surface area contributed by atoms with Gasteiger partial charge in [-0.15, -0.1) is 5.10 Å². The lowest BCUT2D eigenvalue weighted by Gasteiger charge is -1.96. The third kappa shape index (κ3) is 3.20. The Morgan fingerprint density at radius 1 is 1.35 bits per heavy atom. The third-order valence-corrected chi connectivity index (χ3v) is 3.32. The predicted octanol–water partition coefficient (Wildman–Crippen LogP) is 3.45. The van der Waals surface area contributed by atoms with Crippen LogP contribution in [0.4, 0.5) is 0 Å². The highest BCUT2D eigenvalue weighted by atomic mass is 32.2. The Bertz CT molecular complexity index is 514. The highest BCUT2D eigenvalue weighted by molar-refractivity contribution is 7.99. The maximum Gasteiger partial charge on any atom is 0.209 e. The summed E-state index contributed by atoms with van der Waals surface area (Å²) < 4.78 is 0. The molecule has 0 atom stereocenters. The zero-order chi connectivity index (χ0) is 12.3. The van der Waals surface area contributed by atoms with Crippen molar-refractivity contribution >= 4 is 11.8 Å². The van der Waals surface area contributed by atoms with Gasteiger partial charge in [0.25, 0.3) is 0 Å². The lowest BCUT2D eigenvalue weighted by atomic mass is 10.1. The molecule has 0 radical (unpaired) electrons. The normalized spacial score (nSPS) is 10.5. The van der Waals surface area contributed by atoms with Crippen LogP contribution in [-0.2, 0) is 0 Å². The SMILES string of the molecule is C=C(C)CSc1n[nH]c(-c2ccc(C)cc2)n1. The van der Waals surface area contributed by atoms with Gasteiger partial charge in [-0.25, -0.2) is 4.98 Å². The lowest BCUT2D eigenvalue weighted by Crippen LogP contribution is -1.82. The van der Waals surface area contributed by atoms with E-state index in [4.69, 9.17) is 0 Å². The van der Waals surface area contributed by atoms with E-state index in [1.54, 1.807) is 11.8 Å². The highest BCUT2D eigenvalue weighted by Crippen LogP contribution is 2.20. The van der Waals surface area contributed by atoms with Gasteiger partial charge in [0.05, 0.1) is 0 Å². The van der Waals surface area contributed by atoms with Crippen molar-refractivity contribution < 1.29 is 0 Å². The Morgan fingerprint density at radius 2 is 2.06 bits per heavy atom. The van der Waals surface area contributed by atoms with Gasteiger partial charge in [-0.1, -0.05) is 53.7 Å². The van der Waals surface area contributed by atoms with Crippen LogP contribution in [0, 0.1) is 6.92 Å². The molecule has 0 bridgehead atoms. The quantitative estimate of drug-likeness (QED) is 0.662. The maximum absolute atomic E-state index is 4.44. The van der Waals surface area contributed by atoms with Crippen LogP contribution in [0.25, 0.3) is 11.4 Å². The standard InChI is InChI=1S/C13H15N3S/c1-9(2)8-17-13-14-12(15-16-13)11-6-4-10(3)5-7-11/h4-7H,1,8H2,2-3H3,(H,14,15,16). The van der Waals surface area contributed by atoms with Crippen LogP contribution in [-0.4, -0.2) is 20.9 Å². The Labute approximate surface area is 105 Å². The van der Waals surface area contributed by atoms with Gasteiger partial charge in [0, 0.05) is 11.3 Å². The first kappa shape index (κ1) is 11.9. The Kier molecular flexibility index (Phi) is 3.64. The molecule has 4 heteroatoms. The molecule has 2 rings (SSSR count). The van der Waals surface area contributed by atoms with Crippen LogP contribution < -0.4 is 0 Å². The van der Waals surface area contributed by atoms with E-state index in [2.05, 4.69) is 40.8 Å². The van der Waals surface area contributed by atoms with Crippen LogP contribution in [0.15, 0.2) is 41.6 Å². The fourth-order valence-electron chi connectivity index (χ4n) is 1.34.